The summed E-state index contributed by atoms with van der Waals surface area (Å²) in [6.45, 7) is 10.4. The Hall–Kier alpha value is -1.51. The van der Waals surface area contributed by atoms with Gasteiger partial charge in [0.1, 0.15) is 0 Å². The maximum absolute atomic E-state index is 11.9. The summed E-state index contributed by atoms with van der Waals surface area (Å²) in [6, 6.07) is 0.237. The van der Waals surface area contributed by atoms with Crippen LogP contribution in [-0.4, -0.2) is 65.4 Å². The fourth-order valence-corrected chi connectivity index (χ4v) is 3.30. The number of aromatic nitrogens is 1. The highest BCUT2D eigenvalue weighted by atomic mass is 32.1. The molecule has 2 rings (SSSR count). The van der Waals surface area contributed by atoms with Crippen molar-refractivity contribution in [2.75, 3.05) is 38.0 Å². The molecule has 2 N–H and O–H groups in total. The molecular formula is C16H27N5O2S. The Labute approximate surface area is 147 Å². The number of anilines is 1. The highest BCUT2D eigenvalue weighted by molar-refractivity contribution is 7.13. The highest BCUT2D eigenvalue weighted by Crippen LogP contribution is 2.17. The van der Waals surface area contributed by atoms with Crippen molar-refractivity contribution in [2.24, 2.45) is 0 Å². The van der Waals surface area contributed by atoms with Crippen LogP contribution in [0.4, 0.5) is 5.13 Å². The van der Waals surface area contributed by atoms with E-state index < -0.39 is 0 Å². The average Bonchev–Trinajstić information content (AvgIpc) is 2.95. The van der Waals surface area contributed by atoms with E-state index in [1.807, 2.05) is 12.3 Å². The summed E-state index contributed by atoms with van der Waals surface area (Å²) >= 11 is 1.45. The molecule has 0 aliphatic carbocycles. The van der Waals surface area contributed by atoms with Gasteiger partial charge in [-0.05, 0) is 13.3 Å². The van der Waals surface area contributed by atoms with Crippen molar-refractivity contribution in [2.45, 2.75) is 39.8 Å². The number of thiazole rings is 1. The first kappa shape index (κ1) is 18.8. The first-order valence-corrected chi connectivity index (χ1v) is 9.30. The standard InChI is InChI=1S/C16H27N5O2S/c1-4-12(2)17-15(23)10-21-7-5-20(6-8-21)9-14-11-24-16(19-14)18-13(3)22/h11-12H,4-10H2,1-3H3,(H,17,23)(H,18,19,22). The second-order valence-electron chi connectivity index (χ2n) is 6.25. The van der Waals surface area contributed by atoms with E-state index in [1.54, 1.807) is 0 Å². The van der Waals surface area contributed by atoms with Gasteiger partial charge in [-0.2, -0.15) is 0 Å². The lowest BCUT2D eigenvalue weighted by atomic mass is 10.2. The maximum atomic E-state index is 11.9. The lowest BCUT2D eigenvalue weighted by Crippen LogP contribution is -2.49. The lowest BCUT2D eigenvalue weighted by molar-refractivity contribution is -0.123. The third-order valence-electron chi connectivity index (χ3n) is 4.07. The molecule has 0 saturated carbocycles. The summed E-state index contributed by atoms with van der Waals surface area (Å²) in [5.74, 6) is 0.0115. The van der Waals surface area contributed by atoms with Gasteiger partial charge in [0, 0.05) is 51.1 Å². The SMILES string of the molecule is CCC(C)NC(=O)CN1CCN(Cc2csc(NC(C)=O)n2)CC1. The minimum absolute atomic E-state index is 0.0971. The van der Waals surface area contributed by atoms with Crippen molar-refractivity contribution in [1.29, 1.82) is 0 Å². The van der Waals surface area contributed by atoms with Gasteiger partial charge in [0.2, 0.25) is 11.8 Å². The Morgan fingerprint density at radius 1 is 1.29 bits per heavy atom. The molecule has 7 nitrogen and oxygen atoms in total. The molecule has 24 heavy (non-hydrogen) atoms. The number of hydrogen-bond acceptors (Lipinski definition) is 6. The van der Waals surface area contributed by atoms with Crippen molar-refractivity contribution in [1.82, 2.24) is 20.1 Å². The van der Waals surface area contributed by atoms with Crippen LogP contribution in [0.1, 0.15) is 32.9 Å². The molecule has 1 aliphatic heterocycles. The number of amides is 2. The molecule has 0 bridgehead atoms. The second-order valence-corrected chi connectivity index (χ2v) is 7.11. The van der Waals surface area contributed by atoms with Crippen molar-refractivity contribution in [3.8, 4) is 0 Å². The first-order valence-electron chi connectivity index (χ1n) is 8.42. The Morgan fingerprint density at radius 2 is 1.96 bits per heavy atom. The third kappa shape index (κ3) is 6.18. The van der Waals surface area contributed by atoms with Gasteiger partial charge in [-0.25, -0.2) is 4.98 Å². The summed E-state index contributed by atoms with van der Waals surface area (Å²) < 4.78 is 0. The number of carbonyl (C=O) groups excluding carboxylic acids is 2. The summed E-state index contributed by atoms with van der Waals surface area (Å²) in [7, 11) is 0. The Balaban J connectivity index is 1.71. The number of rotatable bonds is 7. The number of nitrogens with zero attached hydrogens (tertiary/aromatic N) is 3. The van der Waals surface area contributed by atoms with Crippen LogP contribution in [0.15, 0.2) is 5.38 Å². The van der Waals surface area contributed by atoms with Crippen LogP contribution in [0, 0.1) is 0 Å². The highest BCUT2D eigenvalue weighted by Gasteiger charge is 2.20. The van der Waals surface area contributed by atoms with Crippen LogP contribution < -0.4 is 10.6 Å². The van der Waals surface area contributed by atoms with Crippen molar-refractivity contribution in [3.63, 3.8) is 0 Å². The predicted octanol–water partition coefficient (Wildman–Crippen LogP) is 1.13. The number of nitrogens with one attached hydrogen (secondary N) is 2. The van der Waals surface area contributed by atoms with Crippen LogP contribution in [0.3, 0.4) is 0 Å². The molecule has 8 heteroatoms. The molecule has 2 amide bonds. The fourth-order valence-electron chi connectivity index (χ4n) is 2.55. The zero-order valence-corrected chi connectivity index (χ0v) is 15.5. The smallest absolute Gasteiger partial charge is 0.234 e. The second kappa shape index (κ2) is 9.10. The Kier molecular flexibility index (Phi) is 7.14. The molecule has 1 saturated heterocycles. The summed E-state index contributed by atoms with van der Waals surface area (Å²) in [6.07, 6.45) is 0.952. The molecule has 1 fully saturated rings. The molecule has 134 valence electrons. The lowest BCUT2D eigenvalue weighted by Gasteiger charge is -2.34. The van der Waals surface area contributed by atoms with E-state index in [4.69, 9.17) is 0 Å². The van der Waals surface area contributed by atoms with Gasteiger partial charge >= 0.3 is 0 Å². The minimum atomic E-state index is -0.0971. The van der Waals surface area contributed by atoms with Gasteiger partial charge in [-0.3, -0.25) is 19.4 Å². The predicted molar refractivity (Wildman–Crippen MR) is 96.0 cm³/mol. The largest absolute Gasteiger partial charge is 0.353 e. The minimum Gasteiger partial charge on any atom is -0.353 e. The quantitative estimate of drug-likeness (QED) is 0.768. The molecule has 1 aromatic heterocycles. The number of piperazine rings is 1. The van der Waals surface area contributed by atoms with Gasteiger partial charge in [0.25, 0.3) is 0 Å². The first-order chi connectivity index (χ1) is 11.5. The van der Waals surface area contributed by atoms with E-state index in [-0.39, 0.29) is 17.9 Å². The zero-order chi connectivity index (χ0) is 17.5. The molecule has 1 unspecified atom stereocenters. The van der Waals surface area contributed by atoms with Crippen LogP contribution in [0.2, 0.25) is 0 Å². The van der Waals surface area contributed by atoms with Crippen LogP contribution >= 0.6 is 11.3 Å². The molecular weight excluding hydrogens is 326 g/mol. The van der Waals surface area contributed by atoms with E-state index in [0.29, 0.717) is 11.7 Å². The molecule has 0 aromatic carbocycles. The topological polar surface area (TPSA) is 77.6 Å². The van der Waals surface area contributed by atoms with Crippen molar-refractivity contribution >= 4 is 28.3 Å². The van der Waals surface area contributed by atoms with E-state index in [1.165, 1.54) is 18.3 Å². The van der Waals surface area contributed by atoms with E-state index >= 15 is 0 Å². The van der Waals surface area contributed by atoms with Crippen molar-refractivity contribution in [3.05, 3.63) is 11.1 Å². The normalized spacial score (nSPS) is 17.5. The number of carbonyl (C=O) groups is 2. The summed E-state index contributed by atoms with van der Waals surface area (Å²) in [5, 5.41) is 8.35. The monoisotopic (exact) mass is 353 g/mol. The van der Waals surface area contributed by atoms with Gasteiger partial charge in [-0.1, -0.05) is 6.92 Å². The molecule has 0 spiro atoms. The van der Waals surface area contributed by atoms with Gasteiger partial charge < -0.3 is 10.6 Å². The maximum Gasteiger partial charge on any atom is 0.234 e. The molecule has 1 aliphatic rings. The third-order valence-corrected chi connectivity index (χ3v) is 4.88. The summed E-state index contributed by atoms with van der Waals surface area (Å²) in [4.78, 5) is 31.9. The Morgan fingerprint density at radius 3 is 2.58 bits per heavy atom. The molecule has 0 radical (unpaired) electrons. The van der Waals surface area contributed by atoms with E-state index in [2.05, 4.69) is 32.3 Å². The van der Waals surface area contributed by atoms with Crippen LogP contribution in [0.25, 0.3) is 0 Å². The molecule has 2 heterocycles. The molecule has 1 atom stereocenters. The average molecular weight is 353 g/mol. The number of hydrogen-bond donors (Lipinski definition) is 2. The van der Waals surface area contributed by atoms with E-state index in [0.717, 1.165) is 44.8 Å². The van der Waals surface area contributed by atoms with Crippen LogP contribution in [0.5, 0.6) is 0 Å². The summed E-state index contributed by atoms with van der Waals surface area (Å²) in [5.41, 5.74) is 0.978. The van der Waals surface area contributed by atoms with Crippen molar-refractivity contribution < 1.29 is 9.59 Å². The van der Waals surface area contributed by atoms with E-state index in [9.17, 15) is 9.59 Å². The Bertz CT molecular complexity index is 554. The zero-order valence-electron chi connectivity index (χ0n) is 14.7. The van der Waals surface area contributed by atoms with Crippen LogP contribution in [-0.2, 0) is 16.1 Å². The fraction of sp³-hybridized carbons (Fsp3) is 0.688. The van der Waals surface area contributed by atoms with Gasteiger partial charge in [0.15, 0.2) is 5.13 Å². The van der Waals surface area contributed by atoms with Gasteiger partial charge in [-0.15, -0.1) is 11.3 Å². The molecule has 1 aromatic rings. The van der Waals surface area contributed by atoms with Gasteiger partial charge in [0.05, 0.1) is 12.2 Å².